The topological polar surface area (TPSA) is 69.6 Å². The monoisotopic (exact) mass is 406 g/mol. The highest BCUT2D eigenvalue weighted by atomic mass is 35.5. The standard InChI is InChI=1S/C23H19ClN2O3/c24-17-7-9-20(19(13-17)23(28)29)25-18-8-10-21-16(12-18)6-11-22(27)26(21)14-15-4-2-1-3-5-15/h1-5,7-10,12-13,25H,6,11,14H2,(H,28,29). The van der Waals surface area contributed by atoms with Crippen LogP contribution in [0.15, 0.2) is 66.7 Å². The Morgan fingerprint density at radius 3 is 2.59 bits per heavy atom. The van der Waals surface area contributed by atoms with Crippen molar-refractivity contribution in [1.82, 2.24) is 0 Å². The highest BCUT2D eigenvalue weighted by molar-refractivity contribution is 6.31. The number of aryl methyl sites for hydroxylation is 1. The molecular weight excluding hydrogens is 388 g/mol. The van der Waals surface area contributed by atoms with Gasteiger partial charge in [0.2, 0.25) is 5.91 Å². The number of rotatable bonds is 5. The zero-order valence-corrected chi connectivity index (χ0v) is 16.3. The summed E-state index contributed by atoms with van der Waals surface area (Å²) < 4.78 is 0. The predicted octanol–water partition coefficient (Wildman–Crippen LogP) is 5.26. The van der Waals surface area contributed by atoms with Gasteiger partial charge in [-0.05, 0) is 53.9 Å². The molecule has 1 aliphatic heterocycles. The smallest absolute Gasteiger partial charge is 0.337 e. The predicted molar refractivity (Wildman–Crippen MR) is 114 cm³/mol. The van der Waals surface area contributed by atoms with Gasteiger partial charge >= 0.3 is 5.97 Å². The second-order valence-corrected chi connectivity index (χ2v) is 7.37. The van der Waals surface area contributed by atoms with E-state index in [1.165, 1.54) is 6.07 Å². The van der Waals surface area contributed by atoms with Crippen LogP contribution < -0.4 is 10.2 Å². The molecule has 0 fully saturated rings. The second-order valence-electron chi connectivity index (χ2n) is 6.93. The van der Waals surface area contributed by atoms with Crippen LogP contribution in [0.25, 0.3) is 0 Å². The van der Waals surface area contributed by atoms with Crippen molar-refractivity contribution in [2.24, 2.45) is 0 Å². The Hall–Kier alpha value is -3.31. The Morgan fingerprint density at radius 2 is 1.83 bits per heavy atom. The molecule has 3 aromatic rings. The first kappa shape index (κ1) is 19.0. The third-order valence-corrected chi connectivity index (χ3v) is 5.19. The number of carboxylic acids is 1. The molecule has 1 aliphatic rings. The van der Waals surface area contributed by atoms with Crippen LogP contribution in [0.5, 0.6) is 0 Å². The van der Waals surface area contributed by atoms with Crippen LogP contribution in [-0.4, -0.2) is 17.0 Å². The number of anilines is 3. The molecule has 1 amide bonds. The number of nitrogens with zero attached hydrogens (tertiary/aromatic N) is 1. The molecule has 29 heavy (non-hydrogen) atoms. The van der Waals surface area contributed by atoms with E-state index in [0.717, 1.165) is 22.5 Å². The van der Waals surface area contributed by atoms with Crippen molar-refractivity contribution < 1.29 is 14.7 Å². The molecule has 3 aromatic carbocycles. The number of benzene rings is 3. The Morgan fingerprint density at radius 1 is 1.03 bits per heavy atom. The van der Waals surface area contributed by atoms with Crippen LogP contribution in [0.3, 0.4) is 0 Å². The molecule has 2 N–H and O–H groups in total. The lowest BCUT2D eigenvalue weighted by Gasteiger charge is -2.30. The molecular formula is C23H19ClN2O3. The van der Waals surface area contributed by atoms with E-state index in [-0.39, 0.29) is 11.5 Å². The first-order valence-electron chi connectivity index (χ1n) is 9.28. The van der Waals surface area contributed by atoms with Gasteiger partial charge in [0.15, 0.2) is 0 Å². The number of amides is 1. The summed E-state index contributed by atoms with van der Waals surface area (Å²) in [6.45, 7) is 0.528. The fourth-order valence-electron chi connectivity index (χ4n) is 3.53. The fraction of sp³-hybridized carbons (Fsp3) is 0.130. The van der Waals surface area contributed by atoms with E-state index in [4.69, 9.17) is 11.6 Å². The molecule has 0 bridgehead atoms. The van der Waals surface area contributed by atoms with Gasteiger partial charge in [-0.1, -0.05) is 41.9 Å². The van der Waals surface area contributed by atoms with Crippen molar-refractivity contribution in [1.29, 1.82) is 0 Å². The van der Waals surface area contributed by atoms with E-state index in [9.17, 15) is 14.7 Å². The van der Waals surface area contributed by atoms with E-state index in [1.807, 2.05) is 53.4 Å². The Labute approximate surface area is 173 Å². The number of carbonyl (C=O) groups is 2. The van der Waals surface area contributed by atoms with Crippen LogP contribution in [0.1, 0.15) is 27.9 Å². The molecule has 0 radical (unpaired) electrons. The van der Waals surface area contributed by atoms with Gasteiger partial charge in [-0.2, -0.15) is 0 Å². The lowest BCUT2D eigenvalue weighted by atomic mass is 9.99. The molecule has 0 spiro atoms. The SMILES string of the molecule is O=C(O)c1cc(Cl)ccc1Nc1ccc2c(c1)CCC(=O)N2Cc1ccccc1. The molecule has 0 unspecified atom stereocenters. The van der Waals surface area contributed by atoms with Gasteiger partial charge in [0.05, 0.1) is 17.8 Å². The van der Waals surface area contributed by atoms with Crippen molar-refractivity contribution in [3.05, 3.63) is 88.4 Å². The van der Waals surface area contributed by atoms with E-state index in [0.29, 0.717) is 30.1 Å². The Kier molecular flexibility index (Phi) is 5.23. The van der Waals surface area contributed by atoms with Gasteiger partial charge in [0, 0.05) is 22.8 Å². The lowest BCUT2D eigenvalue weighted by Crippen LogP contribution is -2.34. The molecule has 0 saturated carbocycles. The molecule has 6 heteroatoms. The highest BCUT2D eigenvalue weighted by Crippen LogP contribution is 2.33. The van der Waals surface area contributed by atoms with E-state index in [2.05, 4.69) is 5.32 Å². The second kappa shape index (κ2) is 7.97. The maximum absolute atomic E-state index is 12.5. The first-order chi connectivity index (χ1) is 14.0. The zero-order valence-electron chi connectivity index (χ0n) is 15.6. The van der Waals surface area contributed by atoms with Crippen molar-refractivity contribution >= 4 is 40.5 Å². The number of halogens is 1. The number of carboxylic acid groups (broad SMARTS) is 1. The maximum atomic E-state index is 12.5. The summed E-state index contributed by atoms with van der Waals surface area (Å²) >= 11 is 5.93. The first-order valence-corrected chi connectivity index (χ1v) is 9.66. The van der Waals surface area contributed by atoms with Crippen LogP contribution in [-0.2, 0) is 17.8 Å². The summed E-state index contributed by atoms with van der Waals surface area (Å²) in [6, 6.07) is 20.3. The number of hydrogen-bond donors (Lipinski definition) is 2. The number of hydrogen-bond acceptors (Lipinski definition) is 3. The van der Waals surface area contributed by atoms with Crippen LogP contribution in [0.4, 0.5) is 17.1 Å². The summed E-state index contributed by atoms with van der Waals surface area (Å²) in [5, 5.41) is 13.0. The van der Waals surface area contributed by atoms with E-state index in [1.54, 1.807) is 12.1 Å². The molecule has 0 aromatic heterocycles. The Balaban J connectivity index is 1.62. The van der Waals surface area contributed by atoms with Gasteiger partial charge in [0.1, 0.15) is 0 Å². The molecule has 1 heterocycles. The van der Waals surface area contributed by atoms with Crippen molar-refractivity contribution in [3.8, 4) is 0 Å². The molecule has 0 aliphatic carbocycles. The minimum Gasteiger partial charge on any atom is -0.478 e. The molecule has 146 valence electrons. The molecule has 0 atom stereocenters. The number of nitrogens with one attached hydrogen (secondary N) is 1. The molecule has 5 nitrogen and oxygen atoms in total. The van der Waals surface area contributed by atoms with Gasteiger partial charge in [-0.3, -0.25) is 4.79 Å². The third kappa shape index (κ3) is 4.10. The molecule has 4 rings (SSSR count). The van der Waals surface area contributed by atoms with Crippen molar-refractivity contribution in [3.63, 3.8) is 0 Å². The van der Waals surface area contributed by atoms with E-state index >= 15 is 0 Å². The number of fused-ring (bicyclic) bond motifs is 1. The third-order valence-electron chi connectivity index (χ3n) is 4.95. The quantitative estimate of drug-likeness (QED) is 0.606. The van der Waals surface area contributed by atoms with Crippen LogP contribution in [0.2, 0.25) is 5.02 Å². The van der Waals surface area contributed by atoms with Crippen LogP contribution in [0, 0.1) is 0 Å². The van der Waals surface area contributed by atoms with Gasteiger partial charge in [0.25, 0.3) is 0 Å². The van der Waals surface area contributed by atoms with Crippen molar-refractivity contribution in [2.75, 3.05) is 10.2 Å². The van der Waals surface area contributed by atoms with Gasteiger partial charge < -0.3 is 15.3 Å². The minimum absolute atomic E-state index is 0.105. The number of carbonyl (C=O) groups excluding carboxylic acids is 1. The summed E-state index contributed by atoms with van der Waals surface area (Å²) in [5.41, 5.74) is 4.36. The van der Waals surface area contributed by atoms with Gasteiger partial charge in [-0.15, -0.1) is 0 Å². The largest absolute Gasteiger partial charge is 0.478 e. The fourth-order valence-corrected chi connectivity index (χ4v) is 3.71. The number of aromatic carboxylic acids is 1. The average Bonchev–Trinajstić information content (AvgIpc) is 2.72. The van der Waals surface area contributed by atoms with Crippen LogP contribution >= 0.6 is 11.6 Å². The molecule has 0 saturated heterocycles. The average molecular weight is 407 g/mol. The summed E-state index contributed by atoms with van der Waals surface area (Å²) in [5.74, 6) is -0.944. The Bertz CT molecular complexity index is 1080. The normalized spacial score (nSPS) is 13.1. The zero-order chi connectivity index (χ0) is 20.4. The lowest BCUT2D eigenvalue weighted by molar-refractivity contribution is -0.119. The maximum Gasteiger partial charge on any atom is 0.337 e. The van der Waals surface area contributed by atoms with Crippen molar-refractivity contribution in [2.45, 2.75) is 19.4 Å². The summed E-state index contributed by atoms with van der Waals surface area (Å²) in [7, 11) is 0. The van der Waals surface area contributed by atoms with E-state index < -0.39 is 5.97 Å². The summed E-state index contributed by atoms with van der Waals surface area (Å²) in [4.78, 5) is 25.8. The minimum atomic E-state index is -1.05. The van der Waals surface area contributed by atoms with Gasteiger partial charge in [-0.25, -0.2) is 4.79 Å². The summed E-state index contributed by atoms with van der Waals surface area (Å²) in [6.07, 6.45) is 1.10. The highest BCUT2D eigenvalue weighted by Gasteiger charge is 2.24.